The Labute approximate surface area is 136 Å². The standard InChI is InChI=1S/C16H28BrN3O/c1-5-13-15(17)14(20(6-2)19-13)11-12(21)7-8-16(3,4)9-10-18/h5-11,18H2,1-4H3. The minimum Gasteiger partial charge on any atom is -0.330 e. The van der Waals surface area contributed by atoms with Crippen LogP contribution >= 0.6 is 15.9 Å². The van der Waals surface area contributed by atoms with Gasteiger partial charge in [0.25, 0.3) is 0 Å². The maximum absolute atomic E-state index is 12.3. The molecule has 5 heteroatoms. The fraction of sp³-hybridized carbons (Fsp3) is 0.750. The number of aromatic nitrogens is 2. The molecule has 1 heterocycles. The smallest absolute Gasteiger partial charge is 0.138 e. The van der Waals surface area contributed by atoms with Gasteiger partial charge in [0.2, 0.25) is 0 Å². The number of nitrogens with zero attached hydrogens (tertiary/aromatic N) is 2. The van der Waals surface area contributed by atoms with Gasteiger partial charge in [0, 0.05) is 19.4 Å². The van der Waals surface area contributed by atoms with Crippen LogP contribution in [0.1, 0.15) is 58.3 Å². The van der Waals surface area contributed by atoms with Gasteiger partial charge in [-0.3, -0.25) is 9.48 Å². The van der Waals surface area contributed by atoms with Crippen LogP contribution in [-0.4, -0.2) is 22.1 Å². The van der Waals surface area contributed by atoms with Gasteiger partial charge in [0.05, 0.1) is 15.9 Å². The lowest BCUT2D eigenvalue weighted by Crippen LogP contribution is -2.19. The third kappa shape index (κ3) is 5.22. The van der Waals surface area contributed by atoms with E-state index in [9.17, 15) is 4.79 Å². The number of nitrogens with two attached hydrogens (primary N) is 1. The molecule has 0 radical (unpaired) electrons. The molecule has 0 aliphatic rings. The van der Waals surface area contributed by atoms with Gasteiger partial charge < -0.3 is 5.73 Å². The third-order valence-corrected chi connectivity index (χ3v) is 4.88. The maximum atomic E-state index is 12.3. The van der Waals surface area contributed by atoms with Crippen LogP contribution in [0.4, 0.5) is 0 Å². The highest BCUT2D eigenvalue weighted by Crippen LogP contribution is 2.27. The summed E-state index contributed by atoms with van der Waals surface area (Å²) < 4.78 is 2.94. The van der Waals surface area contributed by atoms with Crippen LogP contribution in [0.5, 0.6) is 0 Å². The Morgan fingerprint density at radius 2 is 2.00 bits per heavy atom. The molecule has 0 saturated heterocycles. The molecule has 0 fully saturated rings. The van der Waals surface area contributed by atoms with Gasteiger partial charge in [-0.05, 0) is 54.1 Å². The number of hydrogen-bond donors (Lipinski definition) is 1. The molecule has 0 bridgehead atoms. The predicted molar refractivity (Wildman–Crippen MR) is 90.4 cm³/mol. The highest BCUT2D eigenvalue weighted by molar-refractivity contribution is 9.10. The molecule has 1 aromatic rings. The summed E-state index contributed by atoms with van der Waals surface area (Å²) in [5, 5.41) is 4.54. The van der Waals surface area contributed by atoms with Gasteiger partial charge in [-0.15, -0.1) is 0 Å². The summed E-state index contributed by atoms with van der Waals surface area (Å²) in [5.41, 5.74) is 7.80. The minimum absolute atomic E-state index is 0.140. The van der Waals surface area contributed by atoms with Crippen molar-refractivity contribution in [2.24, 2.45) is 11.1 Å². The number of carbonyl (C=O) groups excluding carboxylic acids is 1. The molecule has 120 valence electrons. The molecule has 4 nitrogen and oxygen atoms in total. The molecule has 0 amide bonds. The summed E-state index contributed by atoms with van der Waals surface area (Å²) in [5.74, 6) is 0.276. The van der Waals surface area contributed by atoms with Gasteiger partial charge >= 0.3 is 0 Å². The van der Waals surface area contributed by atoms with E-state index in [1.165, 1.54) is 0 Å². The summed E-state index contributed by atoms with van der Waals surface area (Å²) in [4.78, 5) is 12.3. The fourth-order valence-corrected chi connectivity index (χ4v) is 3.16. The Balaban J connectivity index is 2.69. The van der Waals surface area contributed by atoms with E-state index in [1.54, 1.807) is 0 Å². The molecule has 0 aliphatic heterocycles. The second kappa shape index (κ2) is 8.08. The van der Waals surface area contributed by atoms with E-state index in [4.69, 9.17) is 5.73 Å². The van der Waals surface area contributed by atoms with E-state index in [2.05, 4.69) is 48.7 Å². The molecule has 0 saturated carbocycles. The SMILES string of the molecule is CCc1nn(CC)c(CC(=O)CCC(C)(C)CCN)c1Br. The maximum Gasteiger partial charge on any atom is 0.138 e. The second-order valence-corrected chi connectivity index (χ2v) is 7.09. The van der Waals surface area contributed by atoms with Crippen molar-refractivity contribution in [1.82, 2.24) is 9.78 Å². The van der Waals surface area contributed by atoms with Crippen LogP contribution in [0.3, 0.4) is 0 Å². The van der Waals surface area contributed by atoms with E-state index in [0.717, 1.165) is 41.7 Å². The highest BCUT2D eigenvalue weighted by Gasteiger charge is 2.21. The average Bonchev–Trinajstić information content (AvgIpc) is 2.73. The van der Waals surface area contributed by atoms with Crippen molar-refractivity contribution < 1.29 is 4.79 Å². The summed E-state index contributed by atoms with van der Waals surface area (Å²) in [6, 6.07) is 0. The van der Waals surface area contributed by atoms with E-state index < -0.39 is 0 Å². The van der Waals surface area contributed by atoms with E-state index in [1.807, 2.05) is 4.68 Å². The van der Waals surface area contributed by atoms with Crippen LogP contribution in [0, 0.1) is 5.41 Å². The van der Waals surface area contributed by atoms with Crippen LogP contribution < -0.4 is 5.73 Å². The molecule has 2 N–H and O–H groups in total. The quantitative estimate of drug-likeness (QED) is 0.735. The van der Waals surface area contributed by atoms with Crippen molar-refractivity contribution in [2.45, 2.75) is 66.3 Å². The zero-order valence-corrected chi connectivity index (χ0v) is 15.3. The van der Waals surface area contributed by atoms with Crippen LogP contribution in [0.25, 0.3) is 0 Å². The summed E-state index contributed by atoms with van der Waals surface area (Å²) in [6.07, 6.45) is 3.78. The van der Waals surface area contributed by atoms with E-state index in [-0.39, 0.29) is 11.2 Å². The normalized spacial score (nSPS) is 11.9. The first kappa shape index (κ1) is 18.4. The Kier molecular flexibility index (Phi) is 7.07. The number of hydrogen-bond acceptors (Lipinski definition) is 3. The first-order chi connectivity index (χ1) is 9.84. The van der Waals surface area contributed by atoms with Crippen molar-refractivity contribution in [2.75, 3.05) is 6.54 Å². The molecule has 0 aromatic carbocycles. The van der Waals surface area contributed by atoms with E-state index >= 15 is 0 Å². The summed E-state index contributed by atoms with van der Waals surface area (Å²) in [7, 11) is 0. The van der Waals surface area contributed by atoms with Gasteiger partial charge in [0.1, 0.15) is 5.78 Å². The zero-order chi connectivity index (χ0) is 16.0. The predicted octanol–water partition coefficient (Wildman–Crippen LogP) is 3.49. The van der Waals surface area contributed by atoms with Crippen LogP contribution in [0.2, 0.25) is 0 Å². The molecule has 1 rings (SSSR count). The first-order valence-corrected chi connectivity index (χ1v) is 8.59. The molecule has 0 spiro atoms. The molecule has 1 aromatic heterocycles. The number of rotatable bonds is 9. The largest absolute Gasteiger partial charge is 0.330 e. The second-order valence-electron chi connectivity index (χ2n) is 6.30. The number of halogens is 1. The monoisotopic (exact) mass is 357 g/mol. The number of carbonyl (C=O) groups is 1. The van der Waals surface area contributed by atoms with Crippen molar-refractivity contribution in [3.05, 3.63) is 15.9 Å². The molecule has 21 heavy (non-hydrogen) atoms. The number of ketones is 1. The average molecular weight is 358 g/mol. The van der Waals surface area contributed by atoms with E-state index in [0.29, 0.717) is 19.4 Å². The van der Waals surface area contributed by atoms with Crippen molar-refractivity contribution in [1.29, 1.82) is 0 Å². The Morgan fingerprint density at radius 3 is 2.52 bits per heavy atom. The molecule has 0 atom stereocenters. The molecule has 0 aliphatic carbocycles. The van der Waals surface area contributed by atoms with Gasteiger partial charge in [-0.2, -0.15) is 5.10 Å². The lowest BCUT2D eigenvalue weighted by molar-refractivity contribution is -0.119. The summed E-state index contributed by atoms with van der Waals surface area (Å²) >= 11 is 3.59. The number of aryl methyl sites for hydroxylation is 2. The highest BCUT2D eigenvalue weighted by atomic mass is 79.9. The minimum atomic E-state index is 0.140. The topological polar surface area (TPSA) is 60.9 Å². The lowest BCUT2D eigenvalue weighted by atomic mass is 9.83. The van der Waals surface area contributed by atoms with Crippen LogP contribution in [0.15, 0.2) is 4.47 Å². The molecular weight excluding hydrogens is 330 g/mol. The molecule has 0 unspecified atom stereocenters. The van der Waals surface area contributed by atoms with Gasteiger partial charge in [-0.1, -0.05) is 20.8 Å². The Bertz CT molecular complexity index is 480. The Morgan fingerprint density at radius 1 is 1.33 bits per heavy atom. The number of Topliss-reactive ketones (excluding diaryl/α,β-unsaturated/α-hetero) is 1. The summed E-state index contributed by atoms with van der Waals surface area (Å²) in [6.45, 7) is 9.95. The third-order valence-electron chi connectivity index (χ3n) is 3.96. The van der Waals surface area contributed by atoms with Gasteiger partial charge in [-0.25, -0.2) is 0 Å². The van der Waals surface area contributed by atoms with Crippen LogP contribution in [-0.2, 0) is 24.2 Å². The van der Waals surface area contributed by atoms with Crippen molar-refractivity contribution in [3.8, 4) is 0 Å². The first-order valence-electron chi connectivity index (χ1n) is 7.80. The van der Waals surface area contributed by atoms with Crippen molar-refractivity contribution in [3.63, 3.8) is 0 Å². The molecular formula is C16H28BrN3O. The fourth-order valence-electron chi connectivity index (χ4n) is 2.45. The lowest BCUT2D eigenvalue weighted by Gasteiger charge is -2.23. The Hall–Kier alpha value is -0.680. The zero-order valence-electron chi connectivity index (χ0n) is 13.7. The van der Waals surface area contributed by atoms with Crippen molar-refractivity contribution >= 4 is 21.7 Å². The van der Waals surface area contributed by atoms with Gasteiger partial charge in [0.15, 0.2) is 0 Å².